The highest BCUT2D eigenvalue weighted by Gasteiger charge is 2.46. The van der Waals surface area contributed by atoms with Crippen LogP contribution < -0.4 is 10.6 Å². The van der Waals surface area contributed by atoms with Gasteiger partial charge in [0.2, 0.25) is 5.91 Å². The van der Waals surface area contributed by atoms with Gasteiger partial charge in [-0.1, -0.05) is 0 Å². The van der Waals surface area contributed by atoms with E-state index in [1.807, 2.05) is 0 Å². The van der Waals surface area contributed by atoms with E-state index in [0.717, 1.165) is 0 Å². The van der Waals surface area contributed by atoms with Gasteiger partial charge in [0.25, 0.3) is 5.91 Å². The maximum absolute atomic E-state index is 12.2. The fourth-order valence-corrected chi connectivity index (χ4v) is 2.42. The lowest BCUT2D eigenvalue weighted by atomic mass is 10.0. The summed E-state index contributed by atoms with van der Waals surface area (Å²) in [4.78, 5) is 37.0. The fourth-order valence-electron chi connectivity index (χ4n) is 2.42. The van der Waals surface area contributed by atoms with Crippen LogP contribution in [-0.4, -0.2) is 63.3 Å². The molecule has 10 heteroatoms. The van der Waals surface area contributed by atoms with E-state index in [1.165, 1.54) is 4.90 Å². The lowest BCUT2D eigenvalue weighted by Crippen LogP contribution is -2.49. The van der Waals surface area contributed by atoms with Gasteiger partial charge in [0.15, 0.2) is 5.82 Å². The van der Waals surface area contributed by atoms with E-state index in [9.17, 15) is 14.4 Å². The molecule has 2 heterocycles. The molecule has 0 aliphatic carbocycles. The van der Waals surface area contributed by atoms with Crippen LogP contribution in [0.2, 0.25) is 0 Å². The van der Waals surface area contributed by atoms with Crippen molar-refractivity contribution in [2.24, 2.45) is 0 Å². The molecule has 1 aliphatic rings. The Balaban J connectivity index is 1.99. The number of carbonyl (C=O) groups is 3. The highest BCUT2D eigenvalue weighted by molar-refractivity contribution is 6.07. The maximum Gasteiger partial charge on any atom is 0.325 e. The van der Waals surface area contributed by atoms with Crippen LogP contribution in [0.5, 0.6) is 0 Å². The molecule has 0 unspecified atom stereocenters. The molecule has 0 saturated carbocycles. The van der Waals surface area contributed by atoms with Crippen LogP contribution in [0.15, 0.2) is 6.33 Å². The summed E-state index contributed by atoms with van der Waals surface area (Å²) < 4.78 is 6.80. The molecular weight excluding hydrogens is 316 g/mol. The van der Waals surface area contributed by atoms with Gasteiger partial charge in [-0.3, -0.25) is 14.9 Å². The molecule has 2 rings (SSSR count). The quantitative estimate of drug-likeness (QED) is 0.643. The molecule has 0 radical (unpaired) electrons. The van der Waals surface area contributed by atoms with E-state index in [1.54, 1.807) is 38.8 Å². The van der Waals surface area contributed by atoms with Crippen molar-refractivity contribution in [1.82, 2.24) is 30.3 Å². The van der Waals surface area contributed by atoms with Crippen molar-refractivity contribution < 1.29 is 19.1 Å². The number of aromatic nitrogens is 3. The molecule has 1 atom stereocenters. The number of ether oxygens (including phenoxy) is 1. The predicted octanol–water partition coefficient (Wildman–Crippen LogP) is -0.568. The Morgan fingerprint density at radius 3 is 2.75 bits per heavy atom. The predicted molar refractivity (Wildman–Crippen MR) is 82.8 cm³/mol. The van der Waals surface area contributed by atoms with E-state index in [-0.39, 0.29) is 12.5 Å². The van der Waals surface area contributed by atoms with Crippen LogP contribution in [-0.2, 0) is 20.9 Å². The van der Waals surface area contributed by atoms with Gasteiger partial charge in [-0.15, -0.1) is 10.2 Å². The van der Waals surface area contributed by atoms with Crippen LogP contribution in [0.3, 0.4) is 0 Å². The van der Waals surface area contributed by atoms with Gasteiger partial charge in [0.1, 0.15) is 18.4 Å². The summed E-state index contributed by atoms with van der Waals surface area (Å²) in [6.45, 7) is 5.79. The number of carbonyl (C=O) groups excluding carboxylic acids is 3. The third-order valence-corrected chi connectivity index (χ3v) is 3.94. The van der Waals surface area contributed by atoms with Crippen molar-refractivity contribution in [2.45, 2.75) is 38.9 Å². The molecule has 2 N–H and O–H groups in total. The first kappa shape index (κ1) is 17.9. The van der Waals surface area contributed by atoms with Gasteiger partial charge in [0, 0.05) is 13.7 Å². The van der Waals surface area contributed by atoms with Crippen LogP contribution >= 0.6 is 0 Å². The van der Waals surface area contributed by atoms with Crippen molar-refractivity contribution in [3.05, 3.63) is 12.2 Å². The Morgan fingerprint density at radius 2 is 2.17 bits per heavy atom. The third-order valence-electron chi connectivity index (χ3n) is 3.94. The first-order valence-electron chi connectivity index (χ1n) is 7.56. The average Bonchev–Trinajstić information content (AvgIpc) is 3.04. The number of imide groups is 1. The molecule has 0 spiro atoms. The van der Waals surface area contributed by atoms with Gasteiger partial charge in [-0.05, 0) is 20.8 Å². The SMILES string of the molecule is COCCn1cnnc1[C@H](C)NC(=O)CN1C(=O)NC(=O)C1(C)C. The number of rotatable bonds is 7. The van der Waals surface area contributed by atoms with Crippen LogP contribution in [0.4, 0.5) is 4.79 Å². The average molecular weight is 338 g/mol. The zero-order valence-corrected chi connectivity index (χ0v) is 14.2. The molecule has 10 nitrogen and oxygen atoms in total. The van der Waals surface area contributed by atoms with Crippen LogP contribution in [0.1, 0.15) is 32.6 Å². The smallest absolute Gasteiger partial charge is 0.325 e. The summed E-state index contributed by atoms with van der Waals surface area (Å²) >= 11 is 0. The topological polar surface area (TPSA) is 118 Å². The number of methoxy groups -OCH3 is 1. The van der Waals surface area contributed by atoms with E-state index >= 15 is 0 Å². The number of nitrogens with one attached hydrogen (secondary N) is 2. The monoisotopic (exact) mass is 338 g/mol. The molecule has 0 bridgehead atoms. The van der Waals surface area contributed by atoms with Crippen molar-refractivity contribution in [3.63, 3.8) is 0 Å². The molecular formula is C14H22N6O4. The number of amides is 4. The summed E-state index contributed by atoms with van der Waals surface area (Å²) in [5.74, 6) is -0.226. The summed E-state index contributed by atoms with van der Waals surface area (Å²) in [6.07, 6.45) is 1.56. The van der Waals surface area contributed by atoms with Crippen LogP contribution in [0, 0.1) is 0 Å². The molecule has 24 heavy (non-hydrogen) atoms. The number of hydrogen-bond acceptors (Lipinski definition) is 6. The lowest BCUT2D eigenvalue weighted by Gasteiger charge is -2.27. The second kappa shape index (κ2) is 6.95. The maximum atomic E-state index is 12.2. The second-order valence-electron chi connectivity index (χ2n) is 6.07. The molecule has 1 fully saturated rings. The second-order valence-corrected chi connectivity index (χ2v) is 6.07. The van der Waals surface area contributed by atoms with Gasteiger partial charge < -0.3 is 19.5 Å². The fraction of sp³-hybridized carbons (Fsp3) is 0.643. The molecule has 4 amide bonds. The number of nitrogens with zero attached hydrogens (tertiary/aromatic N) is 4. The normalized spacial score (nSPS) is 17.8. The first-order chi connectivity index (χ1) is 11.3. The van der Waals surface area contributed by atoms with Gasteiger partial charge >= 0.3 is 6.03 Å². The Morgan fingerprint density at radius 1 is 1.46 bits per heavy atom. The summed E-state index contributed by atoms with van der Waals surface area (Å²) in [5, 5.41) is 12.8. The van der Waals surface area contributed by atoms with Crippen molar-refractivity contribution in [1.29, 1.82) is 0 Å². The zero-order chi connectivity index (χ0) is 17.9. The molecule has 1 aliphatic heterocycles. The number of urea groups is 1. The van der Waals surface area contributed by atoms with E-state index in [2.05, 4.69) is 20.8 Å². The Hall–Kier alpha value is -2.49. The van der Waals surface area contributed by atoms with E-state index < -0.39 is 23.5 Å². The minimum atomic E-state index is -1.06. The number of hydrogen-bond donors (Lipinski definition) is 2. The minimum absolute atomic E-state index is 0.221. The van der Waals surface area contributed by atoms with E-state index in [4.69, 9.17) is 4.74 Å². The highest BCUT2D eigenvalue weighted by atomic mass is 16.5. The summed E-state index contributed by atoms with van der Waals surface area (Å²) in [7, 11) is 1.60. The Labute approximate surface area is 139 Å². The Bertz CT molecular complexity index is 641. The lowest BCUT2D eigenvalue weighted by molar-refractivity contribution is -0.127. The molecule has 0 aromatic carbocycles. The van der Waals surface area contributed by atoms with E-state index in [0.29, 0.717) is 19.0 Å². The standard InChI is InChI=1S/C14H22N6O4/c1-9(11-18-15-8-19(11)5-6-24-4)16-10(21)7-20-13(23)17-12(22)14(20,2)3/h8-9H,5-7H2,1-4H3,(H,16,21)(H,17,22,23)/t9-/m0/s1. The highest BCUT2D eigenvalue weighted by Crippen LogP contribution is 2.20. The zero-order valence-electron chi connectivity index (χ0n) is 14.2. The molecule has 1 saturated heterocycles. The third kappa shape index (κ3) is 3.53. The minimum Gasteiger partial charge on any atom is -0.383 e. The van der Waals surface area contributed by atoms with Crippen molar-refractivity contribution >= 4 is 17.8 Å². The van der Waals surface area contributed by atoms with Crippen molar-refractivity contribution in [3.8, 4) is 0 Å². The van der Waals surface area contributed by atoms with Crippen LogP contribution in [0.25, 0.3) is 0 Å². The molecule has 1 aromatic rings. The van der Waals surface area contributed by atoms with Gasteiger partial charge in [-0.25, -0.2) is 4.79 Å². The summed E-state index contributed by atoms with van der Waals surface area (Å²) in [6, 6.07) is -0.975. The van der Waals surface area contributed by atoms with Gasteiger partial charge in [0.05, 0.1) is 12.6 Å². The molecule has 1 aromatic heterocycles. The van der Waals surface area contributed by atoms with Gasteiger partial charge in [-0.2, -0.15) is 0 Å². The van der Waals surface area contributed by atoms with Crippen molar-refractivity contribution in [2.75, 3.05) is 20.3 Å². The Kier molecular flexibility index (Phi) is 5.17. The summed E-state index contributed by atoms with van der Waals surface area (Å²) in [5.41, 5.74) is -1.06. The first-order valence-corrected chi connectivity index (χ1v) is 7.56. The largest absolute Gasteiger partial charge is 0.383 e. The molecule has 132 valence electrons.